The van der Waals surface area contributed by atoms with Gasteiger partial charge in [0.1, 0.15) is 0 Å². The van der Waals surface area contributed by atoms with Gasteiger partial charge in [-0.15, -0.1) is 0 Å². The summed E-state index contributed by atoms with van der Waals surface area (Å²) in [6.45, 7) is 1.87. The van der Waals surface area contributed by atoms with E-state index >= 15 is 0 Å². The Hall–Kier alpha value is -1.08. The Morgan fingerprint density at radius 2 is 1.65 bits per heavy atom. The van der Waals surface area contributed by atoms with Gasteiger partial charge in [-0.3, -0.25) is 0 Å². The summed E-state index contributed by atoms with van der Waals surface area (Å²) < 4.78 is 0. The summed E-state index contributed by atoms with van der Waals surface area (Å²) in [6, 6.07) is 8.85. The van der Waals surface area contributed by atoms with E-state index in [-0.39, 0.29) is 6.10 Å². The molecule has 0 heterocycles. The van der Waals surface area contributed by atoms with E-state index in [9.17, 15) is 5.11 Å². The van der Waals surface area contributed by atoms with Crippen LogP contribution in [0.1, 0.15) is 30.9 Å². The van der Waals surface area contributed by atoms with Crippen LogP contribution in [0.2, 0.25) is 0 Å². The van der Waals surface area contributed by atoms with Crippen LogP contribution in [-0.4, -0.2) is 11.2 Å². The molecule has 2 aliphatic carbocycles. The number of benzene rings is 1. The number of aliphatic hydroxyl groups is 1. The lowest BCUT2D eigenvalue weighted by Crippen LogP contribution is -2.07. The minimum Gasteiger partial charge on any atom is -0.389 e. The fraction of sp³-hybridized carbons (Fsp3) is 0.500. The summed E-state index contributed by atoms with van der Waals surface area (Å²) in [7, 11) is 0. The third kappa shape index (κ3) is 2.04. The predicted molar refractivity (Wildman–Crippen MR) is 69.8 cm³/mol. The van der Waals surface area contributed by atoms with Crippen LogP contribution in [0.15, 0.2) is 35.9 Å². The molecule has 3 rings (SSSR count). The third-order valence-corrected chi connectivity index (χ3v) is 4.29. The number of rotatable bonds is 1. The summed E-state index contributed by atoms with van der Waals surface area (Å²) in [5.74, 6) is 1.36. The molecule has 0 saturated heterocycles. The SMILES string of the molecule is CC(O)C=C1C2CCC1Cc1ccccc1C2. The Morgan fingerprint density at radius 1 is 1.12 bits per heavy atom. The Balaban J connectivity index is 1.97. The van der Waals surface area contributed by atoms with Gasteiger partial charge in [-0.2, -0.15) is 0 Å². The number of allylic oxidation sites excluding steroid dienone is 1. The zero-order chi connectivity index (χ0) is 11.8. The van der Waals surface area contributed by atoms with Crippen molar-refractivity contribution in [3.63, 3.8) is 0 Å². The highest BCUT2D eigenvalue weighted by atomic mass is 16.3. The minimum absolute atomic E-state index is 0.297. The second-order valence-electron chi connectivity index (χ2n) is 5.56. The van der Waals surface area contributed by atoms with Gasteiger partial charge in [-0.05, 0) is 55.6 Å². The van der Waals surface area contributed by atoms with Crippen molar-refractivity contribution in [2.45, 2.75) is 38.7 Å². The third-order valence-electron chi connectivity index (χ3n) is 4.29. The monoisotopic (exact) mass is 228 g/mol. The van der Waals surface area contributed by atoms with Crippen molar-refractivity contribution >= 4 is 0 Å². The highest BCUT2D eigenvalue weighted by Gasteiger charge is 2.33. The van der Waals surface area contributed by atoms with Gasteiger partial charge in [0, 0.05) is 0 Å². The second-order valence-corrected chi connectivity index (χ2v) is 5.56. The Morgan fingerprint density at radius 3 is 2.12 bits per heavy atom. The lowest BCUT2D eigenvalue weighted by molar-refractivity contribution is 0.241. The highest BCUT2D eigenvalue weighted by molar-refractivity contribution is 5.35. The van der Waals surface area contributed by atoms with E-state index in [4.69, 9.17) is 0 Å². The average molecular weight is 228 g/mol. The molecule has 2 aliphatic rings. The first kappa shape index (κ1) is 11.0. The van der Waals surface area contributed by atoms with Crippen LogP contribution < -0.4 is 0 Å². The van der Waals surface area contributed by atoms with Crippen LogP contribution in [0.5, 0.6) is 0 Å². The van der Waals surface area contributed by atoms with E-state index < -0.39 is 0 Å². The molecule has 1 nitrogen and oxygen atoms in total. The highest BCUT2D eigenvalue weighted by Crippen LogP contribution is 2.43. The van der Waals surface area contributed by atoms with Gasteiger partial charge in [0.05, 0.1) is 6.10 Å². The topological polar surface area (TPSA) is 20.2 Å². The lowest BCUT2D eigenvalue weighted by atomic mass is 9.93. The normalized spacial score (nSPS) is 28.5. The van der Waals surface area contributed by atoms with Crippen molar-refractivity contribution in [3.05, 3.63) is 47.0 Å². The van der Waals surface area contributed by atoms with Crippen LogP contribution in [-0.2, 0) is 12.8 Å². The van der Waals surface area contributed by atoms with Crippen molar-refractivity contribution in [2.75, 3.05) is 0 Å². The summed E-state index contributed by atoms with van der Waals surface area (Å²) >= 11 is 0. The molecule has 3 unspecified atom stereocenters. The molecular weight excluding hydrogens is 208 g/mol. The molecule has 2 bridgehead atoms. The molecule has 0 aliphatic heterocycles. The molecule has 17 heavy (non-hydrogen) atoms. The summed E-state index contributed by atoms with van der Waals surface area (Å²) in [5, 5.41) is 9.60. The standard InChI is InChI=1S/C16H20O/c1-11(17)8-16-14-6-7-15(16)10-13-5-3-2-4-12(13)9-14/h2-5,8,11,14-15,17H,6-7,9-10H2,1H3. The molecule has 1 heteroatoms. The van der Waals surface area contributed by atoms with E-state index in [0.29, 0.717) is 11.8 Å². The fourth-order valence-electron chi connectivity index (χ4n) is 3.55. The Kier molecular flexibility index (Phi) is 2.79. The molecule has 0 aromatic heterocycles. The first-order valence-corrected chi connectivity index (χ1v) is 6.70. The van der Waals surface area contributed by atoms with Gasteiger partial charge in [0.15, 0.2) is 0 Å². The Bertz CT molecular complexity index is 410. The summed E-state index contributed by atoms with van der Waals surface area (Å²) in [6.07, 6.45) is 6.76. The first-order valence-electron chi connectivity index (χ1n) is 6.70. The smallest absolute Gasteiger partial charge is 0.0695 e. The summed E-state index contributed by atoms with van der Waals surface area (Å²) in [5.41, 5.74) is 4.57. The van der Waals surface area contributed by atoms with Crippen LogP contribution in [0.3, 0.4) is 0 Å². The largest absolute Gasteiger partial charge is 0.389 e. The number of hydrogen-bond acceptors (Lipinski definition) is 1. The van der Waals surface area contributed by atoms with E-state index in [1.165, 1.54) is 42.4 Å². The van der Waals surface area contributed by atoms with Crippen molar-refractivity contribution < 1.29 is 5.11 Å². The van der Waals surface area contributed by atoms with E-state index in [0.717, 1.165) is 0 Å². The molecule has 1 fully saturated rings. The van der Waals surface area contributed by atoms with Gasteiger partial charge in [-0.1, -0.05) is 35.9 Å². The van der Waals surface area contributed by atoms with Crippen molar-refractivity contribution in [3.8, 4) is 0 Å². The van der Waals surface area contributed by atoms with Gasteiger partial charge in [-0.25, -0.2) is 0 Å². The van der Waals surface area contributed by atoms with Gasteiger partial charge < -0.3 is 5.11 Å². The maximum absolute atomic E-state index is 9.60. The zero-order valence-electron chi connectivity index (χ0n) is 10.4. The maximum Gasteiger partial charge on any atom is 0.0695 e. The van der Waals surface area contributed by atoms with Crippen LogP contribution >= 0.6 is 0 Å². The van der Waals surface area contributed by atoms with E-state index in [1.54, 1.807) is 0 Å². The molecule has 0 amide bonds. The molecule has 1 aromatic rings. The number of hydrogen-bond donors (Lipinski definition) is 1. The zero-order valence-corrected chi connectivity index (χ0v) is 10.4. The van der Waals surface area contributed by atoms with Crippen LogP contribution in [0.25, 0.3) is 0 Å². The second kappa shape index (κ2) is 4.30. The molecule has 90 valence electrons. The molecule has 1 aromatic carbocycles. The maximum atomic E-state index is 9.60. The number of aliphatic hydroxyl groups excluding tert-OH is 1. The van der Waals surface area contributed by atoms with E-state index in [2.05, 4.69) is 30.3 Å². The van der Waals surface area contributed by atoms with Crippen molar-refractivity contribution in [2.24, 2.45) is 11.8 Å². The number of fused-ring (bicyclic) bond motifs is 3. The minimum atomic E-state index is -0.297. The fourth-order valence-corrected chi connectivity index (χ4v) is 3.55. The van der Waals surface area contributed by atoms with Gasteiger partial charge in [0.25, 0.3) is 0 Å². The summed E-state index contributed by atoms with van der Waals surface area (Å²) in [4.78, 5) is 0. The predicted octanol–water partition coefficient (Wildman–Crippen LogP) is 3.12. The first-order chi connectivity index (χ1) is 8.24. The quantitative estimate of drug-likeness (QED) is 0.732. The average Bonchev–Trinajstić information content (AvgIpc) is 2.55. The van der Waals surface area contributed by atoms with Crippen LogP contribution in [0.4, 0.5) is 0 Å². The van der Waals surface area contributed by atoms with E-state index in [1.807, 2.05) is 6.92 Å². The molecule has 0 radical (unpaired) electrons. The van der Waals surface area contributed by atoms with Gasteiger partial charge >= 0.3 is 0 Å². The van der Waals surface area contributed by atoms with Crippen molar-refractivity contribution in [1.29, 1.82) is 0 Å². The van der Waals surface area contributed by atoms with Crippen LogP contribution in [0, 0.1) is 11.8 Å². The lowest BCUT2D eigenvalue weighted by Gasteiger charge is -2.13. The Labute approximate surface area is 103 Å². The molecule has 0 spiro atoms. The molecular formula is C16H20O. The molecule has 3 atom stereocenters. The van der Waals surface area contributed by atoms with Gasteiger partial charge in [0.2, 0.25) is 0 Å². The van der Waals surface area contributed by atoms with Crippen molar-refractivity contribution in [1.82, 2.24) is 0 Å². The molecule has 1 N–H and O–H groups in total. The molecule has 1 saturated carbocycles.